The molecule has 1 atom stereocenters. The maximum atomic E-state index is 13.4. The predicted octanol–water partition coefficient (Wildman–Crippen LogP) is 4.37. The van der Waals surface area contributed by atoms with Gasteiger partial charge in [0.05, 0.1) is 22.9 Å². The first-order chi connectivity index (χ1) is 14.8. The Bertz CT molecular complexity index is 1420. The number of hydrogen-bond acceptors (Lipinski definition) is 5. The van der Waals surface area contributed by atoms with Crippen LogP contribution in [0.3, 0.4) is 0 Å². The number of hydrogen-bond donors (Lipinski definition) is 0. The molecular formula is C22H15Cl3N2O3S. The molecule has 0 unspecified atom stereocenters. The fraction of sp³-hybridized carbons (Fsp3) is 0.136. The molecule has 158 valence electrons. The van der Waals surface area contributed by atoms with Gasteiger partial charge in [0.1, 0.15) is 6.04 Å². The lowest BCUT2D eigenvalue weighted by molar-refractivity contribution is -0.136. The van der Waals surface area contributed by atoms with Gasteiger partial charge in [0.25, 0.3) is 5.56 Å². The Hall–Kier alpha value is -2.38. The van der Waals surface area contributed by atoms with Crippen molar-refractivity contribution in [3.63, 3.8) is 0 Å². The number of benzene rings is 2. The van der Waals surface area contributed by atoms with Crippen molar-refractivity contribution in [1.82, 2.24) is 4.57 Å². The molecule has 1 aliphatic rings. The molecule has 0 aliphatic carbocycles. The van der Waals surface area contributed by atoms with Gasteiger partial charge in [-0.05, 0) is 42.3 Å². The number of allylic oxidation sites excluding steroid dienone is 1. The van der Waals surface area contributed by atoms with E-state index in [9.17, 15) is 9.59 Å². The molecule has 0 fully saturated rings. The van der Waals surface area contributed by atoms with E-state index in [-0.39, 0.29) is 11.1 Å². The molecule has 0 saturated carbocycles. The lowest BCUT2D eigenvalue weighted by atomic mass is 9.96. The van der Waals surface area contributed by atoms with Crippen molar-refractivity contribution in [2.75, 3.05) is 7.11 Å². The summed E-state index contributed by atoms with van der Waals surface area (Å²) < 4.78 is 6.88. The summed E-state index contributed by atoms with van der Waals surface area (Å²) >= 11 is 19.9. The zero-order valence-electron chi connectivity index (χ0n) is 16.4. The minimum atomic E-state index is -0.764. The van der Waals surface area contributed by atoms with Crippen LogP contribution in [0.15, 0.2) is 63.5 Å². The molecule has 0 spiro atoms. The largest absolute Gasteiger partial charge is 0.466 e. The number of carbonyl (C=O) groups is 1. The van der Waals surface area contributed by atoms with Gasteiger partial charge >= 0.3 is 5.97 Å². The summed E-state index contributed by atoms with van der Waals surface area (Å²) in [5, 5.41) is 1.35. The topological polar surface area (TPSA) is 60.7 Å². The molecule has 0 radical (unpaired) electrons. The molecule has 2 heterocycles. The third kappa shape index (κ3) is 3.96. The second kappa shape index (κ2) is 8.63. The Labute approximate surface area is 196 Å². The van der Waals surface area contributed by atoms with E-state index >= 15 is 0 Å². The third-order valence-corrected chi connectivity index (χ3v) is 6.77. The number of carbonyl (C=O) groups excluding carboxylic acids is 1. The van der Waals surface area contributed by atoms with Gasteiger partial charge in [0.15, 0.2) is 4.80 Å². The average molecular weight is 494 g/mol. The maximum absolute atomic E-state index is 13.4. The Kier molecular flexibility index (Phi) is 6.08. The normalized spacial score (nSPS) is 16.2. The number of halogens is 3. The van der Waals surface area contributed by atoms with E-state index in [0.29, 0.717) is 41.2 Å². The minimum absolute atomic E-state index is 0.263. The molecule has 31 heavy (non-hydrogen) atoms. The smallest absolute Gasteiger partial charge is 0.338 e. The quantitative estimate of drug-likeness (QED) is 0.509. The van der Waals surface area contributed by atoms with E-state index in [0.717, 1.165) is 0 Å². The van der Waals surface area contributed by atoms with E-state index in [1.807, 2.05) is 0 Å². The van der Waals surface area contributed by atoms with Gasteiger partial charge in [-0.25, -0.2) is 9.79 Å². The summed E-state index contributed by atoms with van der Waals surface area (Å²) in [6.45, 7) is 1.71. The number of nitrogens with zero attached hydrogens (tertiary/aromatic N) is 2. The molecule has 1 aromatic heterocycles. The molecule has 0 bridgehead atoms. The molecule has 0 N–H and O–H groups in total. The second-order valence-electron chi connectivity index (χ2n) is 6.76. The Morgan fingerprint density at radius 3 is 2.58 bits per heavy atom. The molecule has 1 aliphatic heterocycles. The van der Waals surface area contributed by atoms with E-state index in [4.69, 9.17) is 39.5 Å². The highest BCUT2D eigenvalue weighted by molar-refractivity contribution is 7.07. The van der Waals surface area contributed by atoms with Crippen LogP contribution < -0.4 is 14.9 Å². The fourth-order valence-electron chi connectivity index (χ4n) is 3.44. The fourth-order valence-corrected chi connectivity index (χ4v) is 5.18. The molecule has 3 aromatic rings. The summed E-state index contributed by atoms with van der Waals surface area (Å²) in [7, 11) is 1.29. The van der Waals surface area contributed by atoms with Crippen LogP contribution in [0, 0.1) is 0 Å². The van der Waals surface area contributed by atoms with Crippen molar-refractivity contribution in [3.8, 4) is 0 Å². The second-order valence-corrected chi connectivity index (χ2v) is 9.02. The Morgan fingerprint density at radius 2 is 1.90 bits per heavy atom. The lowest BCUT2D eigenvalue weighted by Gasteiger charge is -2.25. The van der Waals surface area contributed by atoms with Gasteiger partial charge in [0, 0.05) is 15.1 Å². The van der Waals surface area contributed by atoms with Gasteiger partial charge in [-0.2, -0.15) is 0 Å². The number of thiazole rings is 1. The number of aromatic nitrogens is 1. The standard InChI is InChI=1S/C22H15Cl3N2O3S/c1-11-18(21(29)30-2)19(14-5-3-4-6-15(14)24)27-20(28)17(31-22(27)26-11)9-12-7-8-13(23)10-16(12)25/h3-10,19H,1-2H3/b17-9+/t19-/m0/s1. The first-order valence-corrected chi connectivity index (χ1v) is 11.1. The predicted molar refractivity (Wildman–Crippen MR) is 124 cm³/mol. The zero-order valence-corrected chi connectivity index (χ0v) is 19.4. The Morgan fingerprint density at radius 1 is 1.16 bits per heavy atom. The van der Waals surface area contributed by atoms with Gasteiger partial charge in [-0.15, -0.1) is 0 Å². The van der Waals surface area contributed by atoms with Gasteiger partial charge in [-0.1, -0.05) is 70.4 Å². The van der Waals surface area contributed by atoms with Crippen LogP contribution in [0.5, 0.6) is 0 Å². The lowest BCUT2D eigenvalue weighted by Crippen LogP contribution is -2.39. The number of fused-ring (bicyclic) bond motifs is 1. The van der Waals surface area contributed by atoms with Crippen molar-refractivity contribution in [1.29, 1.82) is 0 Å². The van der Waals surface area contributed by atoms with Gasteiger partial charge < -0.3 is 4.74 Å². The molecule has 0 saturated heterocycles. The maximum Gasteiger partial charge on any atom is 0.338 e. The van der Waals surface area contributed by atoms with Crippen LogP contribution >= 0.6 is 46.1 Å². The first kappa shape index (κ1) is 21.8. The summed E-state index contributed by atoms with van der Waals surface area (Å²) in [6.07, 6.45) is 1.68. The summed E-state index contributed by atoms with van der Waals surface area (Å²) in [4.78, 5) is 31.0. The summed E-state index contributed by atoms with van der Waals surface area (Å²) in [5.74, 6) is -0.568. The number of esters is 1. The van der Waals surface area contributed by atoms with Crippen molar-refractivity contribution in [2.45, 2.75) is 13.0 Å². The third-order valence-electron chi connectivity index (χ3n) is 4.88. The molecular weight excluding hydrogens is 479 g/mol. The van der Waals surface area contributed by atoms with E-state index < -0.39 is 12.0 Å². The van der Waals surface area contributed by atoms with Crippen LogP contribution in [0.4, 0.5) is 0 Å². The van der Waals surface area contributed by atoms with Crippen LogP contribution in [-0.4, -0.2) is 17.6 Å². The number of rotatable bonds is 3. The van der Waals surface area contributed by atoms with E-state index in [1.165, 1.54) is 23.0 Å². The summed E-state index contributed by atoms with van der Waals surface area (Å²) in [5.41, 5.74) is 1.67. The first-order valence-electron chi connectivity index (χ1n) is 9.12. The van der Waals surface area contributed by atoms with Crippen LogP contribution in [0.25, 0.3) is 6.08 Å². The van der Waals surface area contributed by atoms with Crippen LogP contribution in [0.2, 0.25) is 15.1 Å². The molecule has 4 rings (SSSR count). The SMILES string of the molecule is COC(=O)C1=C(C)N=c2s/c(=C/c3ccc(Cl)cc3Cl)c(=O)n2[C@H]1c1ccccc1Cl. The van der Waals surface area contributed by atoms with Crippen molar-refractivity contribution < 1.29 is 9.53 Å². The summed E-state index contributed by atoms with van der Waals surface area (Å²) in [6, 6.07) is 11.4. The molecule has 5 nitrogen and oxygen atoms in total. The van der Waals surface area contributed by atoms with Gasteiger partial charge in [-0.3, -0.25) is 9.36 Å². The highest BCUT2D eigenvalue weighted by Crippen LogP contribution is 2.34. The molecule has 9 heteroatoms. The monoisotopic (exact) mass is 492 g/mol. The van der Waals surface area contributed by atoms with Crippen molar-refractivity contribution in [2.24, 2.45) is 4.99 Å². The van der Waals surface area contributed by atoms with Crippen molar-refractivity contribution in [3.05, 3.63) is 99.6 Å². The minimum Gasteiger partial charge on any atom is -0.466 e. The van der Waals surface area contributed by atoms with Gasteiger partial charge in [0.2, 0.25) is 0 Å². The highest BCUT2D eigenvalue weighted by Gasteiger charge is 2.34. The zero-order chi connectivity index (χ0) is 22.3. The highest BCUT2D eigenvalue weighted by atomic mass is 35.5. The average Bonchev–Trinajstić information content (AvgIpc) is 3.04. The molecule has 0 amide bonds. The molecule has 2 aromatic carbocycles. The van der Waals surface area contributed by atoms with E-state index in [1.54, 1.807) is 55.5 Å². The number of methoxy groups -OCH3 is 1. The number of ether oxygens (including phenoxy) is 1. The van der Waals surface area contributed by atoms with Crippen LogP contribution in [-0.2, 0) is 9.53 Å². The van der Waals surface area contributed by atoms with Crippen molar-refractivity contribution >= 4 is 58.2 Å². The van der Waals surface area contributed by atoms with Crippen LogP contribution in [0.1, 0.15) is 24.1 Å². The Balaban J connectivity index is 2.01. The van der Waals surface area contributed by atoms with E-state index in [2.05, 4.69) is 4.99 Å².